The molecule has 7 nitrogen and oxygen atoms in total. The molecule has 7 heteroatoms. The van der Waals surface area contributed by atoms with Crippen molar-refractivity contribution in [3.05, 3.63) is 11.4 Å². The summed E-state index contributed by atoms with van der Waals surface area (Å²) in [6.45, 7) is 5.01. The Morgan fingerprint density at radius 3 is 2.71 bits per heavy atom. The highest BCUT2D eigenvalue weighted by atomic mass is 16.5. The van der Waals surface area contributed by atoms with E-state index in [1.54, 1.807) is 7.11 Å². The van der Waals surface area contributed by atoms with E-state index < -0.39 is 0 Å². The van der Waals surface area contributed by atoms with Crippen LogP contribution >= 0.6 is 0 Å². The fourth-order valence-corrected chi connectivity index (χ4v) is 1.05. The average molecular weight is 239 g/mol. The lowest BCUT2D eigenvalue weighted by Gasteiger charge is -2.05. The molecular weight excluding hydrogens is 222 g/mol. The van der Waals surface area contributed by atoms with Gasteiger partial charge in [-0.2, -0.15) is 5.10 Å². The second-order valence-corrected chi connectivity index (χ2v) is 3.52. The Morgan fingerprint density at radius 1 is 1.29 bits per heavy atom. The van der Waals surface area contributed by atoms with Crippen molar-refractivity contribution in [2.75, 3.05) is 32.1 Å². The highest BCUT2D eigenvalue weighted by Crippen LogP contribution is 2.01. The lowest BCUT2D eigenvalue weighted by atomic mass is 10.4. The highest BCUT2D eigenvalue weighted by molar-refractivity contribution is 5.90. The molecule has 1 heterocycles. The van der Waals surface area contributed by atoms with E-state index in [0.29, 0.717) is 13.2 Å². The topological polar surface area (TPSA) is 89.0 Å². The summed E-state index contributed by atoms with van der Waals surface area (Å²) in [5.74, 6) is 0.0257. The van der Waals surface area contributed by atoms with E-state index in [1.165, 1.54) is 0 Å². The van der Waals surface area contributed by atoms with Gasteiger partial charge in [-0.15, -0.1) is 5.10 Å². The van der Waals surface area contributed by atoms with E-state index in [2.05, 4.69) is 25.8 Å². The third-order valence-electron chi connectivity index (χ3n) is 2.11. The number of aromatic nitrogens is 3. The van der Waals surface area contributed by atoms with Gasteiger partial charge < -0.3 is 10.1 Å². The first kappa shape index (κ1) is 13.5. The first-order valence-electron chi connectivity index (χ1n) is 5.31. The molecule has 2 N–H and O–H groups in total. The molecule has 0 aliphatic rings. The molecule has 1 aromatic rings. The molecule has 0 saturated carbocycles. The standard InChI is InChI=1S/C10H17N5O2/c1-7-8(2)14-15-10(12-7)13-9(16)6-11-4-5-17-3/h11H,4-6H2,1-3H3,(H,12,13,15,16). The van der Waals surface area contributed by atoms with Crippen molar-refractivity contribution in [1.29, 1.82) is 0 Å². The van der Waals surface area contributed by atoms with E-state index in [4.69, 9.17) is 4.74 Å². The molecule has 0 saturated heterocycles. The zero-order valence-corrected chi connectivity index (χ0v) is 10.3. The number of carbonyl (C=O) groups excluding carboxylic acids is 1. The number of nitrogens with one attached hydrogen (secondary N) is 2. The molecular formula is C10H17N5O2. The van der Waals surface area contributed by atoms with Crippen molar-refractivity contribution in [1.82, 2.24) is 20.5 Å². The van der Waals surface area contributed by atoms with Crippen LogP contribution < -0.4 is 10.6 Å². The first-order valence-corrected chi connectivity index (χ1v) is 5.31. The maximum absolute atomic E-state index is 11.4. The maximum atomic E-state index is 11.4. The molecule has 94 valence electrons. The van der Waals surface area contributed by atoms with E-state index in [0.717, 1.165) is 11.4 Å². The van der Waals surface area contributed by atoms with Gasteiger partial charge in [0.05, 0.1) is 24.5 Å². The Balaban J connectivity index is 2.37. The van der Waals surface area contributed by atoms with Crippen LogP contribution in [0.15, 0.2) is 0 Å². The zero-order valence-electron chi connectivity index (χ0n) is 10.3. The van der Waals surface area contributed by atoms with Crippen LogP contribution in [0.3, 0.4) is 0 Å². The third-order valence-corrected chi connectivity index (χ3v) is 2.11. The molecule has 0 aliphatic carbocycles. The quantitative estimate of drug-likeness (QED) is 0.660. The lowest BCUT2D eigenvalue weighted by molar-refractivity contribution is -0.115. The second kappa shape index (κ2) is 6.87. The summed E-state index contributed by atoms with van der Waals surface area (Å²) in [5, 5.41) is 13.1. The van der Waals surface area contributed by atoms with Crippen LogP contribution in [-0.2, 0) is 9.53 Å². The molecule has 0 aromatic carbocycles. The minimum Gasteiger partial charge on any atom is -0.383 e. The van der Waals surface area contributed by atoms with Crippen LogP contribution in [0, 0.1) is 13.8 Å². The minimum atomic E-state index is -0.203. The molecule has 17 heavy (non-hydrogen) atoms. The van der Waals surface area contributed by atoms with Crippen molar-refractivity contribution in [2.45, 2.75) is 13.8 Å². The molecule has 0 unspecified atom stereocenters. The monoisotopic (exact) mass is 239 g/mol. The summed E-state index contributed by atoms with van der Waals surface area (Å²) < 4.78 is 4.84. The molecule has 0 bridgehead atoms. The van der Waals surface area contributed by atoms with Crippen molar-refractivity contribution >= 4 is 11.9 Å². The molecule has 0 spiro atoms. The predicted octanol–water partition coefficient (Wildman–Crippen LogP) is -0.337. The Morgan fingerprint density at radius 2 is 2.06 bits per heavy atom. The van der Waals surface area contributed by atoms with Gasteiger partial charge in [-0.05, 0) is 13.8 Å². The van der Waals surface area contributed by atoms with Crippen LogP contribution in [-0.4, -0.2) is 47.9 Å². The van der Waals surface area contributed by atoms with Gasteiger partial charge in [-0.1, -0.05) is 0 Å². The summed E-state index contributed by atoms with van der Waals surface area (Å²) in [7, 11) is 1.61. The van der Waals surface area contributed by atoms with Crippen molar-refractivity contribution in [3.63, 3.8) is 0 Å². The number of amides is 1. The first-order chi connectivity index (χ1) is 8.13. The smallest absolute Gasteiger partial charge is 0.249 e. The van der Waals surface area contributed by atoms with Crippen LogP contribution in [0.4, 0.5) is 5.95 Å². The lowest BCUT2D eigenvalue weighted by Crippen LogP contribution is -2.31. The largest absolute Gasteiger partial charge is 0.383 e. The third kappa shape index (κ3) is 4.83. The van der Waals surface area contributed by atoms with Gasteiger partial charge in [0.2, 0.25) is 11.9 Å². The zero-order chi connectivity index (χ0) is 12.7. The Bertz CT molecular complexity index is 383. The van der Waals surface area contributed by atoms with Gasteiger partial charge in [0, 0.05) is 13.7 Å². The van der Waals surface area contributed by atoms with Crippen LogP contribution in [0.2, 0.25) is 0 Å². The fourth-order valence-electron chi connectivity index (χ4n) is 1.05. The fraction of sp³-hybridized carbons (Fsp3) is 0.600. The van der Waals surface area contributed by atoms with Gasteiger partial charge in [-0.25, -0.2) is 4.98 Å². The summed E-state index contributed by atoms with van der Waals surface area (Å²) in [4.78, 5) is 15.5. The number of hydrogen-bond acceptors (Lipinski definition) is 6. The van der Waals surface area contributed by atoms with Crippen molar-refractivity contribution in [3.8, 4) is 0 Å². The normalized spacial score (nSPS) is 10.3. The van der Waals surface area contributed by atoms with Crippen LogP contribution in [0.5, 0.6) is 0 Å². The number of rotatable bonds is 6. The van der Waals surface area contributed by atoms with Gasteiger partial charge in [-0.3, -0.25) is 10.1 Å². The van der Waals surface area contributed by atoms with Crippen molar-refractivity contribution in [2.24, 2.45) is 0 Å². The Hall–Kier alpha value is -1.60. The number of methoxy groups -OCH3 is 1. The SMILES string of the molecule is COCCNCC(=O)Nc1nnc(C)c(C)n1. The van der Waals surface area contributed by atoms with Crippen LogP contribution in [0.25, 0.3) is 0 Å². The van der Waals surface area contributed by atoms with E-state index >= 15 is 0 Å². The van der Waals surface area contributed by atoms with Crippen LogP contribution in [0.1, 0.15) is 11.4 Å². The van der Waals surface area contributed by atoms with Crippen molar-refractivity contribution < 1.29 is 9.53 Å². The van der Waals surface area contributed by atoms with Gasteiger partial charge in [0.1, 0.15) is 0 Å². The van der Waals surface area contributed by atoms with E-state index in [-0.39, 0.29) is 18.4 Å². The number of anilines is 1. The van der Waals surface area contributed by atoms with Gasteiger partial charge in [0.25, 0.3) is 0 Å². The highest BCUT2D eigenvalue weighted by Gasteiger charge is 2.05. The molecule has 0 fully saturated rings. The number of nitrogens with zero attached hydrogens (tertiary/aromatic N) is 3. The Kier molecular flexibility index (Phi) is 5.44. The molecule has 0 radical (unpaired) electrons. The predicted molar refractivity (Wildman–Crippen MR) is 62.7 cm³/mol. The summed E-state index contributed by atoms with van der Waals surface area (Å²) in [6, 6.07) is 0. The van der Waals surface area contributed by atoms with E-state index in [1.807, 2.05) is 13.8 Å². The maximum Gasteiger partial charge on any atom is 0.249 e. The molecule has 1 amide bonds. The molecule has 1 aromatic heterocycles. The summed E-state index contributed by atoms with van der Waals surface area (Å²) >= 11 is 0. The minimum absolute atomic E-state index is 0.194. The Labute approximate surface area is 100.0 Å². The number of hydrogen-bond donors (Lipinski definition) is 2. The molecule has 0 aliphatic heterocycles. The molecule has 1 rings (SSSR count). The summed E-state index contributed by atoms with van der Waals surface area (Å²) in [5.41, 5.74) is 1.50. The molecule has 0 atom stereocenters. The number of carbonyl (C=O) groups is 1. The van der Waals surface area contributed by atoms with Gasteiger partial charge in [0.15, 0.2) is 0 Å². The average Bonchev–Trinajstić information content (AvgIpc) is 2.30. The summed E-state index contributed by atoms with van der Waals surface area (Å²) in [6.07, 6.45) is 0. The van der Waals surface area contributed by atoms with E-state index in [9.17, 15) is 4.79 Å². The van der Waals surface area contributed by atoms with Gasteiger partial charge >= 0.3 is 0 Å². The second-order valence-electron chi connectivity index (χ2n) is 3.52. The number of ether oxygens (including phenoxy) is 1. The number of aryl methyl sites for hydroxylation is 2.